The van der Waals surface area contributed by atoms with Crippen molar-refractivity contribution in [1.82, 2.24) is 20.4 Å². The molecule has 138 valence electrons. The van der Waals surface area contributed by atoms with Crippen LogP contribution >= 0.6 is 11.3 Å². The molecule has 1 unspecified atom stereocenters. The van der Waals surface area contributed by atoms with Gasteiger partial charge < -0.3 is 10.6 Å². The molecule has 2 aromatic heterocycles. The molecule has 0 aliphatic carbocycles. The molecule has 0 saturated carbocycles. The second-order valence-corrected chi connectivity index (χ2v) is 7.76. The summed E-state index contributed by atoms with van der Waals surface area (Å²) in [6, 6.07) is 4.72. The van der Waals surface area contributed by atoms with Gasteiger partial charge in [-0.25, -0.2) is 0 Å². The summed E-state index contributed by atoms with van der Waals surface area (Å²) in [6.07, 6.45) is 2.94. The maximum atomic E-state index is 4.64. The Morgan fingerprint density at radius 1 is 1.32 bits per heavy atom. The van der Waals surface area contributed by atoms with Crippen molar-refractivity contribution in [1.29, 1.82) is 0 Å². The maximum absolute atomic E-state index is 4.64. The van der Waals surface area contributed by atoms with Crippen molar-refractivity contribution in [2.45, 2.75) is 59.5 Å². The number of aromatic nitrogens is 2. The topological polar surface area (TPSA) is 54.2 Å². The van der Waals surface area contributed by atoms with Crippen molar-refractivity contribution in [3.63, 3.8) is 0 Å². The summed E-state index contributed by atoms with van der Waals surface area (Å²) in [6.45, 7) is 9.43. The Morgan fingerprint density at radius 2 is 2.08 bits per heavy atom. The predicted octanol–water partition coefficient (Wildman–Crippen LogP) is 3.21. The molecule has 0 bridgehead atoms. The molecule has 0 saturated heterocycles. The standard InChI is InChI=1S/C19H31N5S/c1-7-17-16(18(8-2)24(6)23-17)12-21-19(20-5)22-13(3)11-15-10-9-14(4)25-15/h9-10,13H,7-8,11-12H2,1-6H3,(H2,20,21,22). The highest BCUT2D eigenvalue weighted by Crippen LogP contribution is 2.17. The minimum Gasteiger partial charge on any atom is -0.354 e. The van der Waals surface area contributed by atoms with E-state index >= 15 is 0 Å². The molecule has 0 fully saturated rings. The number of rotatable bonds is 7. The largest absolute Gasteiger partial charge is 0.354 e. The second kappa shape index (κ2) is 9.04. The molecule has 0 aliphatic heterocycles. The SMILES string of the molecule is CCc1nn(C)c(CC)c1CNC(=NC)NC(C)Cc1ccc(C)s1. The first-order valence-corrected chi connectivity index (χ1v) is 9.86. The third-order valence-corrected chi connectivity index (χ3v) is 5.39. The van der Waals surface area contributed by atoms with Crippen LogP contribution < -0.4 is 10.6 Å². The van der Waals surface area contributed by atoms with Gasteiger partial charge in [0.15, 0.2) is 5.96 Å². The van der Waals surface area contributed by atoms with Gasteiger partial charge in [-0.2, -0.15) is 5.10 Å². The first-order valence-electron chi connectivity index (χ1n) is 9.04. The average Bonchev–Trinajstić information content (AvgIpc) is 3.13. The Hall–Kier alpha value is -1.82. The number of hydrogen-bond donors (Lipinski definition) is 2. The van der Waals surface area contributed by atoms with E-state index < -0.39 is 0 Å². The molecule has 0 aliphatic rings. The molecule has 2 heterocycles. The second-order valence-electron chi connectivity index (χ2n) is 6.39. The van der Waals surface area contributed by atoms with E-state index in [0.717, 1.165) is 31.8 Å². The van der Waals surface area contributed by atoms with Crippen LogP contribution in [0.3, 0.4) is 0 Å². The number of hydrogen-bond acceptors (Lipinski definition) is 3. The van der Waals surface area contributed by atoms with Crippen molar-refractivity contribution >= 4 is 17.3 Å². The zero-order valence-electron chi connectivity index (χ0n) is 16.3. The van der Waals surface area contributed by atoms with E-state index in [9.17, 15) is 0 Å². The van der Waals surface area contributed by atoms with Crippen molar-refractivity contribution < 1.29 is 0 Å². The number of aryl methyl sites for hydroxylation is 3. The number of thiophene rings is 1. The lowest BCUT2D eigenvalue weighted by atomic mass is 10.1. The van der Waals surface area contributed by atoms with Gasteiger partial charge in [-0.3, -0.25) is 9.67 Å². The summed E-state index contributed by atoms with van der Waals surface area (Å²) in [5.41, 5.74) is 3.77. The molecule has 0 amide bonds. The van der Waals surface area contributed by atoms with Crippen LogP contribution in [0, 0.1) is 6.92 Å². The number of nitrogens with one attached hydrogen (secondary N) is 2. The summed E-state index contributed by atoms with van der Waals surface area (Å²) in [7, 11) is 3.85. The highest BCUT2D eigenvalue weighted by Gasteiger charge is 2.14. The Morgan fingerprint density at radius 3 is 2.64 bits per heavy atom. The molecular formula is C19H31N5S. The van der Waals surface area contributed by atoms with Crippen molar-refractivity contribution in [3.8, 4) is 0 Å². The fourth-order valence-corrected chi connectivity index (χ4v) is 4.16. The number of guanidine groups is 1. The lowest BCUT2D eigenvalue weighted by Crippen LogP contribution is -2.42. The molecule has 1 atom stereocenters. The molecule has 2 rings (SSSR count). The Bertz CT molecular complexity index is 713. The maximum Gasteiger partial charge on any atom is 0.191 e. The molecular weight excluding hydrogens is 330 g/mol. The fourth-order valence-electron chi connectivity index (χ4n) is 3.14. The Balaban J connectivity index is 1.96. The van der Waals surface area contributed by atoms with E-state index in [1.54, 1.807) is 0 Å². The van der Waals surface area contributed by atoms with Gasteiger partial charge in [-0.15, -0.1) is 11.3 Å². The van der Waals surface area contributed by atoms with Crippen LogP contribution in [-0.4, -0.2) is 28.8 Å². The van der Waals surface area contributed by atoms with E-state index in [-0.39, 0.29) is 0 Å². The first kappa shape index (κ1) is 19.5. The smallest absolute Gasteiger partial charge is 0.191 e. The number of nitrogens with zero attached hydrogens (tertiary/aromatic N) is 3. The predicted molar refractivity (Wildman–Crippen MR) is 108 cm³/mol. The lowest BCUT2D eigenvalue weighted by molar-refractivity contribution is 0.643. The summed E-state index contributed by atoms with van der Waals surface area (Å²) in [5, 5.41) is 11.6. The van der Waals surface area contributed by atoms with Gasteiger partial charge >= 0.3 is 0 Å². The van der Waals surface area contributed by atoms with Gasteiger partial charge in [0.1, 0.15) is 0 Å². The molecule has 2 aromatic rings. The molecule has 25 heavy (non-hydrogen) atoms. The minimum absolute atomic E-state index is 0.328. The zero-order chi connectivity index (χ0) is 18.4. The quantitative estimate of drug-likeness (QED) is 0.588. The highest BCUT2D eigenvalue weighted by atomic mass is 32.1. The van der Waals surface area contributed by atoms with Gasteiger partial charge in [-0.1, -0.05) is 13.8 Å². The van der Waals surface area contributed by atoms with E-state index in [2.05, 4.69) is 60.6 Å². The molecule has 2 N–H and O–H groups in total. The average molecular weight is 362 g/mol. The van der Waals surface area contributed by atoms with Gasteiger partial charge in [-0.05, 0) is 38.8 Å². The van der Waals surface area contributed by atoms with E-state index in [1.165, 1.54) is 26.7 Å². The lowest BCUT2D eigenvalue weighted by Gasteiger charge is -2.18. The van der Waals surface area contributed by atoms with Crippen LogP contribution in [0.4, 0.5) is 0 Å². The van der Waals surface area contributed by atoms with Gasteiger partial charge in [0.25, 0.3) is 0 Å². The van der Waals surface area contributed by atoms with Gasteiger partial charge in [0.2, 0.25) is 0 Å². The van der Waals surface area contributed by atoms with E-state index in [1.807, 2.05) is 30.1 Å². The minimum atomic E-state index is 0.328. The first-order chi connectivity index (χ1) is 12.0. The third-order valence-electron chi connectivity index (χ3n) is 4.37. The Kier molecular flexibility index (Phi) is 7.05. The van der Waals surface area contributed by atoms with E-state index in [4.69, 9.17) is 0 Å². The van der Waals surface area contributed by atoms with Gasteiger partial charge in [0, 0.05) is 54.1 Å². The third kappa shape index (κ3) is 5.08. The van der Waals surface area contributed by atoms with Crippen LogP contribution in [0.5, 0.6) is 0 Å². The molecule has 0 radical (unpaired) electrons. The van der Waals surface area contributed by atoms with Crippen molar-refractivity contribution in [3.05, 3.63) is 38.8 Å². The normalized spacial score (nSPS) is 13.1. The Labute approximate surface area is 155 Å². The van der Waals surface area contributed by atoms with Crippen molar-refractivity contribution in [2.75, 3.05) is 7.05 Å². The van der Waals surface area contributed by atoms with Crippen LogP contribution in [-0.2, 0) is 32.9 Å². The summed E-state index contributed by atoms with van der Waals surface area (Å²) >= 11 is 1.86. The van der Waals surface area contributed by atoms with Crippen molar-refractivity contribution in [2.24, 2.45) is 12.0 Å². The van der Waals surface area contributed by atoms with Gasteiger partial charge in [0.05, 0.1) is 5.69 Å². The monoisotopic (exact) mass is 361 g/mol. The van der Waals surface area contributed by atoms with E-state index in [0.29, 0.717) is 6.04 Å². The number of aliphatic imine (C=N–C) groups is 1. The molecule has 6 heteroatoms. The summed E-state index contributed by atoms with van der Waals surface area (Å²) in [5.74, 6) is 0.841. The van der Waals surface area contributed by atoms with Crippen LogP contribution in [0.2, 0.25) is 0 Å². The van der Waals surface area contributed by atoms with Crippen LogP contribution in [0.1, 0.15) is 47.5 Å². The van der Waals surface area contributed by atoms with Crippen LogP contribution in [0.25, 0.3) is 0 Å². The molecule has 5 nitrogen and oxygen atoms in total. The summed E-state index contributed by atoms with van der Waals surface area (Å²) in [4.78, 5) is 7.14. The van der Waals surface area contributed by atoms with Crippen LogP contribution in [0.15, 0.2) is 17.1 Å². The molecule has 0 aromatic carbocycles. The summed E-state index contributed by atoms with van der Waals surface area (Å²) < 4.78 is 2.01. The zero-order valence-corrected chi connectivity index (χ0v) is 17.1. The fraction of sp³-hybridized carbons (Fsp3) is 0.579. The molecule has 0 spiro atoms. The highest BCUT2D eigenvalue weighted by molar-refractivity contribution is 7.11.